The van der Waals surface area contributed by atoms with Crippen molar-refractivity contribution in [2.75, 3.05) is 0 Å². The minimum Gasteiger partial charge on any atom is -0.481 e. The van der Waals surface area contributed by atoms with Crippen LogP contribution < -0.4 is 11.1 Å². The fraction of sp³-hybridized carbons (Fsp3) is 0.333. The molecule has 1 atom stereocenters. The lowest BCUT2D eigenvalue weighted by Crippen LogP contribution is -2.40. The molecule has 0 saturated carbocycles. The molecule has 0 radical (unpaired) electrons. The van der Waals surface area contributed by atoms with Crippen LogP contribution in [0.4, 0.5) is 0 Å². The van der Waals surface area contributed by atoms with E-state index in [9.17, 15) is 9.59 Å². The van der Waals surface area contributed by atoms with E-state index in [1.807, 2.05) is 30.3 Å². The van der Waals surface area contributed by atoms with Gasteiger partial charge in [-0.05, 0) is 12.0 Å². The summed E-state index contributed by atoms with van der Waals surface area (Å²) in [5.41, 5.74) is 6.53. The van der Waals surface area contributed by atoms with Gasteiger partial charge in [-0.15, -0.1) is 0 Å². The number of hydrogen-bond acceptors (Lipinski definition) is 3. The number of amides is 1. The Balaban J connectivity index is 2.32. The number of aliphatic carboxylic acids is 1. The Hall–Kier alpha value is -1.88. The maximum atomic E-state index is 11.5. The van der Waals surface area contributed by atoms with Crippen LogP contribution in [0, 0.1) is 0 Å². The van der Waals surface area contributed by atoms with Crippen molar-refractivity contribution in [3.63, 3.8) is 0 Å². The van der Waals surface area contributed by atoms with Gasteiger partial charge in [-0.3, -0.25) is 9.59 Å². The lowest BCUT2D eigenvalue weighted by Gasteiger charge is -2.11. The Bertz CT molecular complexity index is 379. The minimum atomic E-state index is -0.948. The second kappa shape index (κ2) is 6.65. The average Bonchev–Trinajstić information content (AvgIpc) is 2.34. The summed E-state index contributed by atoms with van der Waals surface area (Å²) < 4.78 is 0. The van der Waals surface area contributed by atoms with E-state index >= 15 is 0 Å². The number of nitrogens with two attached hydrogens (primary N) is 1. The van der Waals surface area contributed by atoms with Gasteiger partial charge >= 0.3 is 5.97 Å². The maximum Gasteiger partial charge on any atom is 0.303 e. The standard InChI is InChI=1S/C12H16N2O3/c13-10(6-7-11(15)16)12(17)14-8-9-4-2-1-3-5-9/h1-5,10H,6-8,13H2,(H,14,17)(H,15,16)/t10-/m0/s1. The molecule has 0 fully saturated rings. The maximum absolute atomic E-state index is 11.5. The van der Waals surface area contributed by atoms with Crippen molar-refractivity contribution >= 4 is 11.9 Å². The molecule has 0 aliphatic carbocycles. The van der Waals surface area contributed by atoms with Crippen molar-refractivity contribution in [3.8, 4) is 0 Å². The molecule has 0 saturated heterocycles. The minimum absolute atomic E-state index is 0.0973. The number of carboxylic acid groups (broad SMARTS) is 1. The molecule has 1 aromatic carbocycles. The average molecular weight is 236 g/mol. The molecule has 0 aliphatic rings. The summed E-state index contributed by atoms with van der Waals surface area (Å²) in [4.78, 5) is 21.8. The second-order valence-electron chi connectivity index (χ2n) is 3.74. The van der Waals surface area contributed by atoms with Gasteiger partial charge in [0.2, 0.25) is 5.91 Å². The third kappa shape index (κ3) is 5.12. The van der Waals surface area contributed by atoms with Gasteiger partial charge in [0.25, 0.3) is 0 Å². The van der Waals surface area contributed by atoms with E-state index in [-0.39, 0.29) is 18.7 Å². The van der Waals surface area contributed by atoms with E-state index in [1.54, 1.807) is 0 Å². The van der Waals surface area contributed by atoms with E-state index in [2.05, 4.69) is 5.32 Å². The largest absolute Gasteiger partial charge is 0.481 e. The van der Waals surface area contributed by atoms with Crippen molar-refractivity contribution in [1.29, 1.82) is 0 Å². The highest BCUT2D eigenvalue weighted by Crippen LogP contribution is 1.99. The monoisotopic (exact) mass is 236 g/mol. The number of nitrogens with one attached hydrogen (secondary N) is 1. The first kappa shape index (κ1) is 13.2. The molecule has 5 heteroatoms. The number of carboxylic acids is 1. The number of carbonyl (C=O) groups is 2. The van der Waals surface area contributed by atoms with Crippen LogP contribution in [0.25, 0.3) is 0 Å². The van der Waals surface area contributed by atoms with Crippen molar-refractivity contribution in [3.05, 3.63) is 35.9 Å². The highest BCUT2D eigenvalue weighted by Gasteiger charge is 2.14. The van der Waals surface area contributed by atoms with Crippen LogP contribution in [0.3, 0.4) is 0 Å². The number of carbonyl (C=O) groups excluding carboxylic acids is 1. The van der Waals surface area contributed by atoms with Gasteiger partial charge in [0.05, 0.1) is 6.04 Å². The van der Waals surface area contributed by atoms with Crippen molar-refractivity contribution in [2.45, 2.75) is 25.4 Å². The predicted octanol–water partition coefficient (Wildman–Crippen LogP) is 0.495. The molecule has 4 N–H and O–H groups in total. The summed E-state index contributed by atoms with van der Waals surface area (Å²) in [6.07, 6.45) is 0.0515. The molecule has 1 amide bonds. The Morgan fingerprint density at radius 2 is 1.94 bits per heavy atom. The fourth-order valence-electron chi connectivity index (χ4n) is 1.33. The molecular formula is C12H16N2O3. The third-order valence-electron chi connectivity index (χ3n) is 2.32. The summed E-state index contributed by atoms with van der Waals surface area (Å²) in [5.74, 6) is -1.27. The molecule has 0 aliphatic heterocycles. The number of benzene rings is 1. The van der Waals surface area contributed by atoms with E-state index in [0.29, 0.717) is 6.54 Å². The number of rotatable bonds is 6. The summed E-state index contributed by atoms with van der Waals surface area (Å²) in [6, 6.07) is 8.67. The zero-order chi connectivity index (χ0) is 12.7. The summed E-state index contributed by atoms with van der Waals surface area (Å²) in [6.45, 7) is 0.403. The summed E-state index contributed by atoms with van der Waals surface area (Å²) >= 11 is 0. The van der Waals surface area contributed by atoms with Crippen LogP contribution in [0.1, 0.15) is 18.4 Å². The Morgan fingerprint density at radius 1 is 1.29 bits per heavy atom. The van der Waals surface area contributed by atoms with Crippen molar-refractivity contribution < 1.29 is 14.7 Å². The van der Waals surface area contributed by atoms with Crippen molar-refractivity contribution in [2.24, 2.45) is 5.73 Å². The normalized spacial score (nSPS) is 11.8. The van der Waals surface area contributed by atoms with E-state index < -0.39 is 12.0 Å². The van der Waals surface area contributed by atoms with Gasteiger partial charge in [0.15, 0.2) is 0 Å². The van der Waals surface area contributed by atoms with Gasteiger partial charge in [0.1, 0.15) is 0 Å². The Labute approximate surface area is 99.6 Å². The van der Waals surface area contributed by atoms with Gasteiger partial charge in [-0.1, -0.05) is 30.3 Å². The van der Waals surface area contributed by atoms with Crippen LogP contribution >= 0.6 is 0 Å². The lowest BCUT2D eigenvalue weighted by atomic mass is 10.1. The highest BCUT2D eigenvalue weighted by atomic mass is 16.4. The molecule has 1 aromatic rings. The van der Waals surface area contributed by atoms with Crippen LogP contribution in [0.2, 0.25) is 0 Å². The molecule has 0 spiro atoms. The molecular weight excluding hydrogens is 220 g/mol. The van der Waals surface area contributed by atoms with Crippen molar-refractivity contribution in [1.82, 2.24) is 5.32 Å². The Kier molecular flexibility index (Phi) is 5.16. The van der Waals surface area contributed by atoms with Crippen LogP contribution in [0.5, 0.6) is 0 Å². The summed E-state index contributed by atoms with van der Waals surface area (Å²) in [5, 5.41) is 11.1. The molecule has 0 unspecified atom stereocenters. The quantitative estimate of drug-likeness (QED) is 0.670. The third-order valence-corrected chi connectivity index (χ3v) is 2.32. The molecule has 92 valence electrons. The first-order chi connectivity index (χ1) is 8.09. The highest BCUT2D eigenvalue weighted by molar-refractivity contribution is 5.82. The van der Waals surface area contributed by atoms with E-state index in [4.69, 9.17) is 10.8 Å². The zero-order valence-electron chi connectivity index (χ0n) is 9.43. The van der Waals surface area contributed by atoms with Gasteiger partial charge in [0, 0.05) is 13.0 Å². The van der Waals surface area contributed by atoms with E-state index in [0.717, 1.165) is 5.56 Å². The smallest absolute Gasteiger partial charge is 0.303 e. The molecule has 0 bridgehead atoms. The van der Waals surface area contributed by atoms with Gasteiger partial charge in [-0.25, -0.2) is 0 Å². The SMILES string of the molecule is N[C@@H](CCC(=O)O)C(=O)NCc1ccccc1. The second-order valence-corrected chi connectivity index (χ2v) is 3.74. The molecule has 0 heterocycles. The Morgan fingerprint density at radius 3 is 2.53 bits per heavy atom. The van der Waals surface area contributed by atoms with Gasteiger partial charge < -0.3 is 16.2 Å². The molecule has 5 nitrogen and oxygen atoms in total. The first-order valence-electron chi connectivity index (χ1n) is 5.38. The fourth-order valence-corrected chi connectivity index (χ4v) is 1.33. The van der Waals surface area contributed by atoms with Crippen LogP contribution in [-0.2, 0) is 16.1 Å². The summed E-state index contributed by atoms with van der Waals surface area (Å²) in [7, 11) is 0. The molecule has 0 aromatic heterocycles. The molecule has 1 rings (SSSR count). The lowest BCUT2D eigenvalue weighted by molar-refractivity contribution is -0.137. The number of hydrogen-bond donors (Lipinski definition) is 3. The topological polar surface area (TPSA) is 92.4 Å². The zero-order valence-corrected chi connectivity index (χ0v) is 9.43. The van der Waals surface area contributed by atoms with Crippen LogP contribution in [-0.4, -0.2) is 23.0 Å². The molecule has 17 heavy (non-hydrogen) atoms. The van der Waals surface area contributed by atoms with Gasteiger partial charge in [-0.2, -0.15) is 0 Å². The first-order valence-corrected chi connectivity index (χ1v) is 5.38. The van der Waals surface area contributed by atoms with Crippen LogP contribution in [0.15, 0.2) is 30.3 Å². The van der Waals surface area contributed by atoms with E-state index in [1.165, 1.54) is 0 Å². The predicted molar refractivity (Wildman–Crippen MR) is 63.1 cm³/mol.